The average molecular weight is 286 g/mol. The van der Waals surface area contributed by atoms with E-state index in [9.17, 15) is 0 Å². The first-order valence-corrected chi connectivity index (χ1v) is 6.60. The van der Waals surface area contributed by atoms with Crippen LogP contribution in [-0.4, -0.2) is 16.5 Å². The van der Waals surface area contributed by atoms with Crippen molar-refractivity contribution in [3.8, 4) is 0 Å². The molecule has 1 aromatic rings. The Morgan fingerprint density at radius 2 is 2.00 bits per heavy atom. The summed E-state index contributed by atoms with van der Waals surface area (Å²) in [5.74, 6) is 2.35. The van der Waals surface area contributed by atoms with Crippen LogP contribution >= 0.6 is 15.9 Å². The first-order valence-electron chi connectivity index (χ1n) is 5.81. The van der Waals surface area contributed by atoms with E-state index < -0.39 is 0 Å². The minimum Gasteiger partial charge on any atom is -0.369 e. The molecule has 0 radical (unpaired) electrons. The fourth-order valence-electron chi connectivity index (χ4n) is 1.50. The van der Waals surface area contributed by atoms with Gasteiger partial charge in [0.05, 0.1) is 10.2 Å². The van der Waals surface area contributed by atoms with E-state index in [1.54, 1.807) is 0 Å². The molecule has 1 aromatic heterocycles. The molecule has 0 aliphatic heterocycles. The molecule has 1 N–H and O–H groups in total. The van der Waals surface area contributed by atoms with E-state index in [4.69, 9.17) is 0 Å². The Morgan fingerprint density at radius 3 is 2.56 bits per heavy atom. The van der Waals surface area contributed by atoms with E-state index in [0.717, 1.165) is 41.2 Å². The van der Waals surface area contributed by atoms with Gasteiger partial charge in [-0.2, -0.15) is 0 Å². The number of halogens is 1. The number of anilines is 1. The maximum absolute atomic E-state index is 4.48. The summed E-state index contributed by atoms with van der Waals surface area (Å²) in [6.45, 7) is 9.42. The molecule has 0 aromatic carbocycles. The Morgan fingerprint density at radius 1 is 1.31 bits per heavy atom. The van der Waals surface area contributed by atoms with Crippen LogP contribution in [0.15, 0.2) is 4.47 Å². The van der Waals surface area contributed by atoms with Crippen molar-refractivity contribution in [3.05, 3.63) is 16.0 Å². The van der Waals surface area contributed by atoms with Gasteiger partial charge < -0.3 is 5.32 Å². The number of rotatable bonds is 5. The summed E-state index contributed by atoms with van der Waals surface area (Å²) in [5, 5.41) is 3.32. The van der Waals surface area contributed by atoms with E-state index in [0.29, 0.717) is 5.92 Å². The zero-order valence-corrected chi connectivity index (χ0v) is 12.1. The van der Waals surface area contributed by atoms with Crippen LogP contribution < -0.4 is 5.32 Å². The number of hydrogen-bond donors (Lipinski definition) is 1. The first kappa shape index (κ1) is 13.4. The summed E-state index contributed by atoms with van der Waals surface area (Å²) in [5.41, 5.74) is 1.10. The van der Waals surface area contributed by atoms with Crippen molar-refractivity contribution in [1.82, 2.24) is 9.97 Å². The number of aryl methyl sites for hydroxylation is 1. The van der Waals surface area contributed by atoms with Crippen molar-refractivity contribution in [2.24, 2.45) is 5.92 Å². The molecule has 0 spiro atoms. The topological polar surface area (TPSA) is 37.8 Å². The van der Waals surface area contributed by atoms with Gasteiger partial charge in [-0.3, -0.25) is 0 Å². The van der Waals surface area contributed by atoms with Gasteiger partial charge >= 0.3 is 0 Å². The van der Waals surface area contributed by atoms with E-state index in [1.165, 1.54) is 0 Å². The number of nitrogens with one attached hydrogen (secondary N) is 1. The highest BCUT2D eigenvalue weighted by molar-refractivity contribution is 9.10. The zero-order chi connectivity index (χ0) is 12.1. The summed E-state index contributed by atoms with van der Waals surface area (Å²) >= 11 is 3.59. The molecule has 1 heterocycles. The lowest BCUT2D eigenvalue weighted by Gasteiger charge is -2.12. The van der Waals surface area contributed by atoms with E-state index in [-0.39, 0.29) is 0 Å². The van der Waals surface area contributed by atoms with Crippen molar-refractivity contribution in [2.45, 2.75) is 40.5 Å². The number of hydrogen-bond acceptors (Lipinski definition) is 3. The normalized spacial score (nSPS) is 10.9. The molecule has 0 atom stereocenters. The van der Waals surface area contributed by atoms with Crippen LogP contribution in [0, 0.1) is 12.8 Å². The van der Waals surface area contributed by atoms with Crippen LogP contribution in [0.1, 0.15) is 38.7 Å². The second-order valence-electron chi connectivity index (χ2n) is 4.40. The molecule has 0 saturated heterocycles. The maximum Gasteiger partial charge on any atom is 0.144 e. The van der Waals surface area contributed by atoms with E-state index >= 15 is 0 Å². The van der Waals surface area contributed by atoms with Crippen molar-refractivity contribution in [1.29, 1.82) is 0 Å². The van der Waals surface area contributed by atoms with Gasteiger partial charge in [-0.05, 0) is 41.6 Å². The molecule has 0 unspecified atom stereocenters. The SMILES string of the molecule is CCCNc1nc(C)nc(CC(C)C)c1Br. The van der Waals surface area contributed by atoms with Crippen molar-refractivity contribution in [3.63, 3.8) is 0 Å². The molecule has 90 valence electrons. The fraction of sp³-hybridized carbons (Fsp3) is 0.667. The lowest BCUT2D eigenvalue weighted by molar-refractivity contribution is 0.630. The van der Waals surface area contributed by atoms with Crippen LogP contribution in [0.2, 0.25) is 0 Å². The third-order valence-corrected chi connectivity index (χ3v) is 3.01. The highest BCUT2D eigenvalue weighted by atomic mass is 79.9. The summed E-state index contributed by atoms with van der Waals surface area (Å²) < 4.78 is 1.01. The molecule has 3 nitrogen and oxygen atoms in total. The molecule has 0 aliphatic carbocycles. The van der Waals surface area contributed by atoms with Crippen molar-refractivity contribution in [2.75, 3.05) is 11.9 Å². The smallest absolute Gasteiger partial charge is 0.144 e. The highest BCUT2D eigenvalue weighted by Crippen LogP contribution is 2.25. The van der Waals surface area contributed by atoms with Gasteiger partial charge in [0.25, 0.3) is 0 Å². The summed E-state index contributed by atoms with van der Waals surface area (Å²) in [6.07, 6.45) is 2.07. The first-order chi connectivity index (χ1) is 7.54. The standard InChI is InChI=1S/C12H20BrN3/c1-5-6-14-12-11(13)10(7-8(2)3)15-9(4)16-12/h8H,5-7H2,1-4H3,(H,14,15,16). The third-order valence-electron chi connectivity index (χ3n) is 2.18. The Kier molecular flexibility index (Phi) is 5.19. The Labute approximate surface area is 106 Å². The molecular weight excluding hydrogens is 266 g/mol. The lowest BCUT2D eigenvalue weighted by Crippen LogP contribution is -2.09. The largest absolute Gasteiger partial charge is 0.369 e. The summed E-state index contributed by atoms with van der Waals surface area (Å²) in [7, 11) is 0. The molecule has 0 fully saturated rings. The van der Waals surface area contributed by atoms with Crippen LogP contribution in [0.3, 0.4) is 0 Å². The maximum atomic E-state index is 4.48. The predicted molar refractivity (Wildman–Crippen MR) is 71.8 cm³/mol. The van der Waals surface area contributed by atoms with Gasteiger partial charge in [0.15, 0.2) is 0 Å². The Balaban J connectivity index is 2.95. The zero-order valence-electron chi connectivity index (χ0n) is 10.5. The van der Waals surface area contributed by atoms with Gasteiger partial charge in [0.1, 0.15) is 11.6 Å². The van der Waals surface area contributed by atoms with Crippen molar-refractivity contribution < 1.29 is 0 Å². The molecule has 4 heteroatoms. The van der Waals surface area contributed by atoms with Crippen molar-refractivity contribution >= 4 is 21.7 Å². The molecule has 1 rings (SSSR count). The second-order valence-corrected chi connectivity index (χ2v) is 5.20. The lowest BCUT2D eigenvalue weighted by atomic mass is 10.1. The summed E-state index contributed by atoms with van der Waals surface area (Å²) in [6, 6.07) is 0. The Bertz CT molecular complexity index is 350. The minimum absolute atomic E-state index is 0.602. The van der Waals surface area contributed by atoms with Crippen LogP contribution in [0.4, 0.5) is 5.82 Å². The molecule has 16 heavy (non-hydrogen) atoms. The second kappa shape index (κ2) is 6.18. The van der Waals surface area contributed by atoms with Gasteiger partial charge in [0, 0.05) is 6.54 Å². The quantitative estimate of drug-likeness (QED) is 0.899. The molecule has 0 amide bonds. The van der Waals surface area contributed by atoms with Gasteiger partial charge in [0.2, 0.25) is 0 Å². The van der Waals surface area contributed by atoms with Gasteiger partial charge in [-0.25, -0.2) is 9.97 Å². The number of nitrogens with zero attached hydrogens (tertiary/aromatic N) is 2. The molecular formula is C12H20BrN3. The molecule has 0 bridgehead atoms. The Hall–Kier alpha value is -0.640. The molecule has 0 saturated carbocycles. The summed E-state index contributed by atoms with van der Waals surface area (Å²) in [4.78, 5) is 8.89. The van der Waals surface area contributed by atoms with Crippen LogP contribution in [0.5, 0.6) is 0 Å². The predicted octanol–water partition coefficient (Wildman–Crippen LogP) is 3.57. The fourth-order valence-corrected chi connectivity index (χ4v) is 1.98. The van der Waals surface area contributed by atoms with Crippen LogP contribution in [0.25, 0.3) is 0 Å². The molecule has 0 aliphatic rings. The van der Waals surface area contributed by atoms with E-state index in [1.807, 2.05) is 6.92 Å². The highest BCUT2D eigenvalue weighted by Gasteiger charge is 2.11. The number of aromatic nitrogens is 2. The van der Waals surface area contributed by atoms with E-state index in [2.05, 4.69) is 52.0 Å². The van der Waals surface area contributed by atoms with Crippen LogP contribution in [-0.2, 0) is 6.42 Å². The van der Waals surface area contributed by atoms with Gasteiger partial charge in [-0.15, -0.1) is 0 Å². The average Bonchev–Trinajstić information content (AvgIpc) is 2.20. The monoisotopic (exact) mass is 285 g/mol. The minimum atomic E-state index is 0.602. The van der Waals surface area contributed by atoms with Gasteiger partial charge in [-0.1, -0.05) is 20.8 Å². The third kappa shape index (κ3) is 3.74.